The van der Waals surface area contributed by atoms with Crippen LogP contribution in [-0.2, 0) is 23.1 Å². The lowest BCUT2D eigenvalue weighted by atomic mass is 9.78. The van der Waals surface area contributed by atoms with E-state index in [0.29, 0.717) is 31.5 Å². The number of aromatic nitrogens is 2. The van der Waals surface area contributed by atoms with Gasteiger partial charge in [-0.05, 0) is 48.7 Å². The number of nitrogens with zero attached hydrogens (tertiary/aromatic N) is 2. The summed E-state index contributed by atoms with van der Waals surface area (Å²) in [5.41, 5.74) is 2.58. The van der Waals surface area contributed by atoms with Crippen molar-refractivity contribution in [1.29, 1.82) is 0 Å². The van der Waals surface area contributed by atoms with Gasteiger partial charge in [0.25, 0.3) is 5.69 Å². The van der Waals surface area contributed by atoms with Crippen molar-refractivity contribution in [2.75, 3.05) is 11.9 Å². The summed E-state index contributed by atoms with van der Waals surface area (Å²) in [6, 6.07) is 18.6. The highest BCUT2D eigenvalue weighted by Crippen LogP contribution is 2.34. The fraction of sp³-hybridized carbons (Fsp3) is 0.276. The van der Waals surface area contributed by atoms with Crippen molar-refractivity contribution < 1.29 is 14.5 Å². The third-order valence-corrected chi connectivity index (χ3v) is 7.35. The Morgan fingerprint density at radius 2 is 1.82 bits per heavy atom. The second-order valence-corrected chi connectivity index (χ2v) is 10.6. The van der Waals surface area contributed by atoms with Gasteiger partial charge in [0.1, 0.15) is 5.54 Å². The highest BCUT2D eigenvalue weighted by molar-refractivity contribution is 5.97. The van der Waals surface area contributed by atoms with E-state index in [4.69, 9.17) is 0 Å². The average molecular weight is 527 g/mol. The molecule has 10 nitrogen and oxygen atoms in total. The maximum absolute atomic E-state index is 13.9. The Kier molecular flexibility index (Phi) is 6.78. The summed E-state index contributed by atoms with van der Waals surface area (Å²) in [4.78, 5) is 45.5. The van der Waals surface area contributed by atoms with Gasteiger partial charge in [-0.2, -0.15) is 0 Å². The topological polar surface area (TPSA) is 142 Å². The molecule has 5 rings (SSSR count). The van der Waals surface area contributed by atoms with Gasteiger partial charge in [-0.1, -0.05) is 38.1 Å². The first-order chi connectivity index (χ1) is 18.7. The summed E-state index contributed by atoms with van der Waals surface area (Å²) in [5.74, 6) is -0.277. The number of non-ortho nitro benzene ring substituents is 1. The molecular weight excluding hydrogens is 496 g/mol. The van der Waals surface area contributed by atoms with Crippen LogP contribution in [0.5, 0.6) is 0 Å². The second-order valence-electron chi connectivity index (χ2n) is 10.6. The lowest BCUT2D eigenvalue weighted by Crippen LogP contribution is -2.63. The zero-order chi connectivity index (χ0) is 27.6. The average Bonchev–Trinajstić information content (AvgIpc) is 3.30. The fourth-order valence-electron chi connectivity index (χ4n) is 5.13. The number of H-pyrrole nitrogens is 1. The van der Waals surface area contributed by atoms with E-state index in [9.17, 15) is 19.7 Å². The molecule has 1 atom stereocenters. The Bertz CT molecular complexity index is 1530. The maximum Gasteiger partial charge on any atom is 0.320 e. The number of pyridine rings is 1. The number of para-hydroxylation sites is 1. The molecule has 0 fully saturated rings. The van der Waals surface area contributed by atoms with Crippen LogP contribution < -0.4 is 16.0 Å². The van der Waals surface area contributed by atoms with E-state index in [2.05, 4.69) is 25.9 Å². The number of carbonyl (C=O) groups is 2. The van der Waals surface area contributed by atoms with Gasteiger partial charge in [-0.3, -0.25) is 19.9 Å². The normalized spacial score (nSPS) is 16.8. The lowest BCUT2D eigenvalue weighted by Gasteiger charge is -2.37. The predicted molar refractivity (Wildman–Crippen MR) is 149 cm³/mol. The first kappa shape index (κ1) is 25.9. The number of urea groups is 1. The molecule has 1 unspecified atom stereocenters. The van der Waals surface area contributed by atoms with Crippen molar-refractivity contribution in [3.8, 4) is 0 Å². The molecule has 10 heteroatoms. The predicted octanol–water partition coefficient (Wildman–Crippen LogP) is 4.61. The van der Waals surface area contributed by atoms with Crippen molar-refractivity contribution in [3.05, 3.63) is 100.0 Å². The van der Waals surface area contributed by atoms with Gasteiger partial charge in [-0.25, -0.2) is 4.79 Å². The number of nitrogens with one attached hydrogen (secondary N) is 4. The van der Waals surface area contributed by atoms with Crippen molar-refractivity contribution in [2.45, 2.75) is 44.1 Å². The Labute approximate surface area is 225 Å². The number of carbonyl (C=O) groups excluding carboxylic acids is 2. The number of aromatic amines is 1. The monoisotopic (exact) mass is 526 g/mol. The highest BCUT2D eigenvalue weighted by Gasteiger charge is 2.44. The number of anilines is 1. The van der Waals surface area contributed by atoms with Crippen LogP contribution in [0.3, 0.4) is 0 Å². The van der Waals surface area contributed by atoms with E-state index in [1.54, 1.807) is 6.20 Å². The van der Waals surface area contributed by atoms with Gasteiger partial charge in [0.05, 0.1) is 4.92 Å². The molecule has 39 heavy (non-hydrogen) atoms. The quantitative estimate of drug-likeness (QED) is 0.205. The van der Waals surface area contributed by atoms with E-state index in [1.807, 2.05) is 56.3 Å². The zero-order valence-electron chi connectivity index (χ0n) is 21.8. The summed E-state index contributed by atoms with van der Waals surface area (Å²) in [6.07, 6.45) is 3.02. The molecule has 0 radical (unpaired) electrons. The number of nitro groups is 1. The molecule has 4 N–H and O–H groups in total. The van der Waals surface area contributed by atoms with Crippen molar-refractivity contribution in [2.24, 2.45) is 0 Å². The standard InChI is InChI=1S/C29H30N6O4/c1-28(2,25-9-5-6-16-30-25)18-31-26(36)29(34-27(37)32-19-10-12-20(13-11-19)35(38)39)15-14-24-22(17-29)21-7-3-4-8-23(21)33-24/h3-13,16,33H,14-15,17-18H2,1-2H3,(H,31,36)(H2,32,34,37). The van der Waals surface area contributed by atoms with Gasteiger partial charge in [0.2, 0.25) is 5.91 Å². The third kappa shape index (κ3) is 5.31. The summed E-state index contributed by atoms with van der Waals surface area (Å²) in [7, 11) is 0. The van der Waals surface area contributed by atoms with Gasteiger partial charge in [-0.15, -0.1) is 0 Å². The summed E-state index contributed by atoms with van der Waals surface area (Å²) >= 11 is 0. The molecule has 0 bridgehead atoms. The van der Waals surface area contributed by atoms with Crippen LogP contribution in [0.15, 0.2) is 72.9 Å². The van der Waals surface area contributed by atoms with Crippen LogP contribution in [0, 0.1) is 10.1 Å². The zero-order valence-corrected chi connectivity index (χ0v) is 21.8. The van der Waals surface area contributed by atoms with Crippen LogP contribution in [0.4, 0.5) is 16.2 Å². The SMILES string of the molecule is CC(C)(CNC(=O)C1(NC(=O)Nc2ccc([N+](=O)[O-])cc2)CCc2[nH]c3ccccc3c2C1)c1ccccn1. The Morgan fingerprint density at radius 3 is 2.54 bits per heavy atom. The van der Waals surface area contributed by atoms with Crippen LogP contribution in [0.2, 0.25) is 0 Å². The highest BCUT2D eigenvalue weighted by atomic mass is 16.6. The van der Waals surface area contributed by atoms with Gasteiger partial charge < -0.3 is 20.9 Å². The van der Waals surface area contributed by atoms with E-state index in [1.165, 1.54) is 24.3 Å². The van der Waals surface area contributed by atoms with E-state index < -0.39 is 21.9 Å². The maximum atomic E-state index is 13.9. The molecule has 2 aromatic heterocycles. The molecule has 200 valence electrons. The Hall–Kier alpha value is -4.73. The molecule has 0 saturated carbocycles. The first-order valence-corrected chi connectivity index (χ1v) is 12.8. The summed E-state index contributed by atoms with van der Waals surface area (Å²) in [5, 5.41) is 20.8. The molecule has 0 spiro atoms. The molecule has 4 aromatic rings. The third-order valence-electron chi connectivity index (χ3n) is 7.35. The number of nitro benzene ring substituents is 1. The minimum Gasteiger partial charge on any atom is -0.358 e. The molecule has 1 aliphatic rings. The molecule has 2 aromatic carbocycles. The number of amides is 3. The van der Waals surface area contributed by atoms with E-state index >= 15 is 0 Å². The van der Waals surface area contributed by atoms with Gasteiger partial charge in [0, 0.05) is 64.7 Å². The molecule has 0 saturated heterocycles. The van der Waals surface area contributed by atoms with Crippen LogP contribution in [0.25, 0.3) is 10.9 Å². The molecular formula is C29H30N6O4. The van der Waals surface area contributed by atoms with E-state index in [-0.39, 0.29) is 11.6 Å². The largest absolute Gasteiger partial charge is 0.358 e. The van der Waals surface area contributed by atoms with Gasteiger partial charge in [0.15, 0.2) is 0 Å². The number of hydrogen-bond acceptors (Lipinski definition) is 5. The molecule has 1 aliphatic carbocycles. The Balaban J connectivity index is 1.40. The van der Waals surface area contributed by atoms with Gasteiger partial charge >= 0.3 is 6.03 Å². The van der Waals surface area contributed by atoms with E-state index in [0.717, 1.165) is 27.9 Å². The summed E-state index contributed by atoms with van der Waals surface area (Å²) < 4.78 is 0. The minimum absolute atomic E-state index is 0.0773. The number of rotatable bonds is 7. The smallest absolute Gasteiger partial charge is 0.320 e. The lowest BCUT2D eigenvalue weighted by molar-refractivity contribution is -0.384. The van der Waals surface area contributed by atoms with Crippen molar-refractivity contribution in [1.82, 2.24) is 20.6 Å². The number of aryl methyl sites for hydroxylation is 1. The van der Waals surface area contributed by atoms with Crippen LogP contribution in [0.1, 0.15) is 37.2 Å². The first-order valence-electron chi connectivity index (χ1n) is 12.8. The number of benzene rings is 2. The Morgan fingerprint density at radius 1 is 1.08 bits per heavy atom. The van der Waals surface area contributed by atoms with Crippen LogP contribution >= 0.6 is 0 Å². The molecule has 2 heterocycles. The second kappa shape index (κ2) is 10.2. The van der Waals surface area contributed by atoms with Crippen LogP contribution in [-0.4, -0.2) is 38.9 Å². The molecule has 0 aliphatic heterocycles. The number of hydrogen-bond donors (Lipinski definition) is 4. The molecule has 3 amide bonds. The summed E-state index contributed by atoms with van der Waals surface area (Å²) in [6.45, 7) is 4.35. The fourth-order valence-corrected chi connectivity index (χ4v) is 5.13. The van der Waals surface area contributed by atoms with Crippen molar-refractivity contribution in [3.63, 3.8) is 0 Å². The minimum atomic E-state index is -1.21. The van der Waals surface area contributed by atoms with Crippen molar-refractivity contribution >= 4 is 34.2 Å². The number of fused-ring (bicyclic) bond motifs is 3.